The molecule has 140 valence electrons. The molecule has 1 heterocycles. The number of benzene rings is 3. The molecule has 3 aromatic carbocycles. The summed E-state index contributed by atoms with van der Waals surface area (Å²) >= 11 is 0. The summed E-state index contributed by atoms with van der Waals surface area (Å²) in [6.07, 6.45) is 2.94. The fourth-order valence-electron chi connectivity index (χ4n) is 3.51. The van der Waals surface area contributed by atoms with Crippen LogP contribution in [0.25, 0.3) is 22.0 Å². The molecule has 4 nitrogen and oxygen atoms in total. The number of nitrogens with one attached hydrogen (secondary N) is 2. The number of imidazole rings is 1. The third-order valence-corrected chi connectivity index (χ3v) is 4.98. The minimum atomic E-state index is -0.139. The van der Waals surface area contributed by atoms with E-state index in [1.807, 2.05) is 67.7 Å². The van der Waals surface area contributed by atoms with Gasteiger partial charge in [0.1, 0.15) is 5.82 Å². The third-order valence-electron chi connectivity index (χ3n) is 4.98. The standard InChI is InChI=1S/C24H23N3O/c1-2-21(24-25-16-22(27-24)18-10-4-3-5-11-18)26-23(28)15-19-13-8-12-17-9-6-7-14-20(17)19/h3-14,16,21H,2,15H2,1H3,(H,25,27)(H,26,28). The molecule has 0 bridgehead atoms. The number of rotatable bonds is 6. The monoisotopic (exact) mass is 369 g/mol. The highest BCUT2D eigenvalue weighted by Crippen LogP contribution is 2.22. The Morgan fingerprint density at radius 1 is 1.00 bits per heavy atom. The van der Waals surface area contributed by atoms with Crippen LogP contribution in [0.1, 0.15) is 30.8 Å². The predicted molar refractivity (Wildman–Crippen MR) is 113 cm³/mol. The van der Waals surface area contributed by atoms with Crippen molar-refractivity contribution in [1.82, 2.24) is 15.3 Å². The Kier molecular flexibility index (Phi) is 5.20. The fraction of sp³-hybridized carbons (Fsp3) is 0.167. The zero-order valence-electron chi connectivity index (χ0n) is 15.9. The van der Waals surface area contributed by atoms with Gasteiger partial charge in [-0.05, 0) is 28.3 Å². The molecule has 4 heteroatoms. The second-order valence-electron chi connectivity index (χ2n) is 6.89. The van der Waals surface area contributed by atoms with E-state index in [2.05, 4.69) is 33.5 Å². The molecule has 28 heavy (non-hydrogen) atoms. The lowest BCUT2D eigenvalue weighted by Gasteiger charge is -2.15. The maximum Gasteiger partial charge on any atom is 0.225 e. The quantitative estimate of drug-likeness (QED) is 0.500. The molecule has 4 rings (SSSR count). The first-order valence-corrected chi connectivity index (χ1v) is 9.61. The number of aromatic nitrogens is 2. The zero-order chi connectivity index (χ0) is 19.3. The summed E-state index contributed by atoms with van der Waals surface area (Å²) in [7, 11) is 0. The Hall–Kier alpha value is -3.40. The molecule has 0 fully saturated rings. The van der Waals surface area contributed by atoms with Crippen LogP contribution in [-0.4, -0.2) is 15.9 Å². The Morgan fingerprint density at radius 2 is 1.75 bits per heavy atom. The molecule has 1 atom stereocenters. The molecule has 0 radical (unpaired) electrons. The van der Waals surface area contributed by atoms with Gasteiger partial charge in [-0.15, -0.1) is 0 Å². The molecule has 1 unspecified atom stereocenters. The summed E-state index contributed by atoms with van der Waals surface area (Å²) in [4.78, 5) is 20.6. The number of H-pyrrole nitrogens is 1. The number of nitrogens with zero attached hydrogens (tertiary/aromatic N) is 1. The van der Waals surface area contributed by atoms with E-state index in [-0.39, 0.29) is 11.9 Å². The van der Waals surface area contributed by atoms with E-state index in [1.54, 1.807) is 0 Å². The van der Waals surface area contributed by atoms with Crippen LogP contribution >= 0.6 is 0 Å². The molecule has 0 aliphatic rings. The topological polar surface area (TPSA) is 57.8 Å². The van der Waals surface area contributed by atoms with Crippen LogP contribution in [0.15, 0.2) is 79.0 Å². The lowest BCUT2D eigenvalue weighted by atomic mass is 10.0. The van der Waals surface area contributed by atoms with Crippen molar-refractivity contribution >= 4 is 16.7 Å². The molecule has 0 aliphatic carbocycles. The molecular formula is C24H23N3O. The van der Waals surface area contributed by atoms with Crippen LogP contribution < -0.4 is 5.32 Å². The highest BCUT2D eigenvalue weighted by molar-refractivity contribution is 5.90. The van der Waals surface area contributed by atoms with E-state index < -0.39 is 0 Å². The molecule has 0 spiro atoms. The van der Waals surface area contributed by atoms with Crippen molar-refractivity contribution in [3.63, 3.8) is 0 Å². The van der Waals surface area contributed by atoms with Gasteiger partial charge < -0.3 is 10.3 Å². The van der Waals surface area contributed by atoms with Crippen LogP contribution in [0.5, 0.6) is 0 Å². The Bertz CT molecular complexity index is 1080. The minimum Gasteiger partial charge on any atom is -0.346 e. The van der Waals surface area contributed by atoms with Gasteiger partial charge in [0.25, 0.3) is 0 Å². The van der Waals surface area contributed by atoms with Gasteiger partial charge in [0.05, 0.1) is 24.4 Å². The molecule has 2 N–H and O–H groups in total. The van der Waals surface area contributed by atoms with Crippen molar-refractivity contribution in [3.8, 4) is 11.3 Å². The van der Waals surface area contributed by atoms with E-state index in [0.717, 1.165) is 39.8 Å². The van der Waals surface area contributed by atoms with Crippen molar-refractivity contribution in [2.24, 2.45) is 0 Å². The fourth-order valence-corrected chi connectivity index (χ4v) is 3.51. The van der Waals surface area contributed by atoms with Gasteiger partial charge in [-0.2, -0.15) is 0 Å². The minimum absolute atomic E-state index is 0.000800. The second-order valence-corrected chi connectivity index (χ2v) is 6.89. The van der Waals surface area contributed by atoms with Gasteiger partial charge in [-0.25, -0.2) is 4.98 Å². The van der Waals surface area contributed by atoms with Crippen molar-refractivity contribution in [1.29, 1.82) is 0 Å². The molecule has 0 saturated carbocycles. The first-order valence-electron chi connectivity index (χ1n) is 9.61. The van der Waals surface area contributed by atoms with Crippen molar-refractivity contribution in [2.75, 3.05) is 0 Å². The number of aromatic amines is 1. The number of hydrogen-bond acceptors (Lipinski definition) is 2. The Morgan fingerprint density at radius 3 is 2.57 bits per heavy atom. The van der Waals surface area contributed by atoms with Gasteiger partial charge in [-0.1, -0.05) is 79.7 Å². The molecule has 0 aliphatic heterocycles. The summed E-state index contributed by atoms with van der Waals surface area (Å²) in [6.45, 7) is 2.05. The van der Waals surface area contributed by atoms with Crippen molar-refractivity contribution in [3.05, 3.63) is 90.4 Å². The normalized spacial score (nSPS) is 12.0. The van der Waals surface area contributed by atoms with Crippen LogP contribution in [0, 0.1) is 0 Å². The van der Waals surface area contributed by atoms with Gasteiger partial charge >= 0.3 is 0 Å². The maximum absolute atomic E-state index is 12.7. The Labute approximate surface area is 164 Å². The molecule has 1 amide bonds. The first-order chi connectivity index (χ1) is 13.7. The smallest absolute Gasteiger partial charge is 0.225 e. The molecular weight excluding hydrogens is 346 g/mol. The first kappa shape index (κ1) is 18.0. The number of carbonyl (C=O) groups is 1. The summed E-state index contributed by atoms with van der Waals surface area (Å²) < 4.78 is 0. The van der Waals surface area contributed by atoms with Gasteiger partial charge in [0.2, 0.25) is 5.91 Å². The largest absolute Gasteiger partial charge is 0.346 e. The van der Waals surface area contributed by atoms with E-state index >= 15 is 0 Å². The van der Waals surface area contributed by atoms with Crippen molar-refractivity contribution in [2.45, 2.75) is 25.8 Å². The third kappa shape index (κ3) is 3.81. The number of amides is 1. The van der Waals surface area contributed by atoms with E-state index in [0.29, 0.717) is 6.42 Å². The van der Waals surface area contributed by atoms with E-state index in [9.17, 15) is 4.79 Å². The predicted octanol–water partition coefficient (Wildman–Crippen LogP) is 5.04. The van der Waals surface area contributed by atoms with Gasteiger partial charge in [-0.3, -0.25) is 4.79 Å². The lowest BCUT2D eigenvalue weighted by Crippen LogP contribution is -2.30. The van der Waals surface area contributed by atoms with Crippen LogP contribution in [-0.2, 0) is 11.2 Å². The summed E-state index contributed by atoms with van der Waals surface area (Å²) in [6, 6.07) is 24.2. The SMILES string of the molecule is CCC(NC(=O)Cc1cccc2ccccc12)c1ncc(-c2ccccc2)[nH]1. The van der Waals surface area contributed by atoms with Gasteiger partial charge in [0.15, 0.2) is 0 Å². The number of fused-ring (bicyclic) bond motifs is 1. The summed E-state index contributed by atoms with van der Waals surface area (Å²) in [5.74, 6) is 0.786. The van der Waals surface area contributed by atoms with Crippen LogP contribution in [0.3, 0.4) is 0 Å². The number of carbonyl (C=O) groups excluding carboxylic acids is 1. The second kappa shape index (κ2) is 8.09. The molecule has 0 saturated heterocycles. The van der Waals surface area contributed by atoms with Gasteiger partial charge in [0, 0.05) is 0 Å². The van der Waals surface area contributed by atoms with E-state index in [4.69, 9.17) is 0 Å². The summed E-state index contributed by atoms with van der Waals surface area (Å²) in [5, 5.41) is 5.40. The van der Waals surface area contributed by atoms with Crippen LogP contribution in [0.4, 0.5) is 0 Å². The average Bonchev–Trinajstić information content (AvgIpc) is 3.23. The highest BCUT2D eigenvalue weighted by atomic mass is 16.1. The number of hydrogen-bond donors (Lipinski definition) is 2. The Balaban J connectivity index is 1.49. The van der Waals surface area contributed by atoms with Crippen LogP contribution in [0.2, 0.25) is 0 Å². The van der Waals surface area contributed by atoms with Crippen molar-refractivity contribution < 1.29 is 4.79 Å². The zero-order valence-corrected chi connectivity index (χ0v) is 15.9. The molecule has 4 aromatic rings. The highest BCUT2D eigenvalue weighted by Gasteiger charge is 2.17. The van der Waals surface area contributed by atoms with E-state index in [1.165, 1.54) is 0 Å². The lowest BCUT2D eigenvalue weighted by molar-refractivity contribution is -0.121. The summed E-state index contributed by atoms with van der Waals surface area (Å²) in [5.41, 5.74) is 3.07. The molecule has 1 aromatic heterocycles. The maximum atomic E-state index is 12.7. The average molecular weight is 369 g/mol.